The van der Waals surface area contributed by atoms with Gasteiger partial charge in [0.2, 0.25) is 0 Å². The van der Waals surface area contributed by atoms with Gasteiger partial charge in [-0.3, -0.25) is 4.79 Å². The topological polar surface area (TPSA) is 38.3 Å². The van der Waals surface area contributed by atoms with Gasteiger partial charge in [-0.15, -0.1) is 0 Å². The molecule has 0 heterocycles. The zero-order valence-electron chi connectivity index (χ0n) is 14.1. The van der Waals surface area contributed by atoms with E-state index in [-0.39, 0.29) is 12.5 Å². The van der Waals surface area contributed by atoms with Crippen LogP contribution in [0.4, 0.5) is 0 Å². The summed E-state index contributed by atoms with van der Waals surface area (Å²) in [6, 6.07) is 16.5. The molecule has 1 amide bonds. The Morgan fingerprint density at radius 1 is 1.00 bits per heavy atom. The summed E-state index contributed by atoms with van der Waals surface area (Å²) in [5.74, 6) is 0.836. The Morgan fingerprint density at radius 3 is 2.71 bits per heavy atom. The third kappa shape index (κ3) is 4.60. The van der Waals surface area contributed by atoms with Crippen LogP contribution in [-0.4, -0.2) is 19.1 Å². The van der Waals surface area contributed by atoms with Gasteiger partial charge in [0.15, 0.2) is 6.61 Å². The summed E-state index contributed by atoms with van der Waals surface area (Å²) >= 11 is 0. The van der Waals surface area contributed by atoms with E-state index in [1.165, 1.54) is 29.5 Å². The van der Waals surface area contributed by atoms with E-state index in [2.05, 4.69) is 23.5 Å². The number of carbonyl (C=O) groups excluding carboxylic acids is 1. The molecule has 0 aliphatic heterocycles. The fourth-order valence-corrected chi connectivity index (χ4v) is 3.24. The van der Waals surface area contributed by atoms with Gasteiger partial charge in [0.1, 0.15) is 5.75 Å². The van der Waals surface area contributed by atoms with Crippen molar-refractivity contribution >= 4 is 5.91 Å². The molecule has 0 atom stereocenters. The highest BCUT2D eigenvalue weighted by Gasteiger charge is 2.14. The molecule has 0 unspecified atom stereocenters. The molecule has 1 aliphatic rings. The molecule has 0 spiro atoms. The molecule has 0 saturated carbocycles. The van der Waals surface area contributed by atoms with Crippen LogP contribution in [0.5, 0.6) is 5.75 Å². The highest BCUT2D eigenvalue weighted by molar-refractivity contribution is 5.77. The maximum absolute atomic E-state index is 12.0. The molecule has 1 aliphatic carbocycles. The molecule has 0 radical (unpaired) electrons. The van der Waals surface area contributed by atoms with E-state index in [1.54, 1.807) is 0 Å². The van der Waals surface area contributed by atoms with Crippen LogP contribution >= 0.6 is 0 Å². The number of hydrogen-bond acceptors (Lipinski definition) is 2. The quantitative estimate of drug-likeness (QED) is 0.789. The van der Waals surface area contributed by atoms with E-state index < -0.39 is 0 Å². The monoisotopic (exact) mass is 323 g/mol. The first-order chi connectivity index (χ1) is 11.8. The Bertz CT molecular complexity index is 667. The second kappa shape index (κ2) is 8.53. The van der Waals surface area contributed by atoms with Crippen molar-refractivity contribution in [3.05, 3.63) is 65.2 Å². The number of nitrogens with one attached hydrogen (secondary N) is 1. The maximum Gasteiger partial charge on any atom is 0.257 e. The van der Waals surface area contributed by atoms with Crippen molar-refractivity contribution in [1.82, 2.24) is 5.32 Å². The van der Waals surface area contributed by atoms with Gasteiger partial charge in [-0.2, -0.15) is 0 Å². The normalized spacial score (nSPS) is 13.2. The Labute approximate surface area is 144 Å². The first kappa shape index (κ1) is 16.6. The number of hydrogen-bond donors (Lipinski definition) is 1. The SMILES string of the molecule is O=C(COc1cccc2c1CCCC2)NCCCc1ccccc1. The summed E-state index contributed by atoms with van der Waals surface area (Å²) in [5.41, 5.74) is 3.97. The zero-order chi connectivity index (χ0) is 16.6. The van der Waals surface area contributed by atoms with Gasteiger partial charge < -0.3 is 10.1 Å². The van der Waals surface area contributed by atoms with Crippen LogP contribution in [-0.2, 0) is 24.1 Å². The summed E-state index contributed by atoms with van der Waals surface area (Å²) < 4.78 is 5.77. The molecule has 0 bridgehead atoms. The van der Waals surface area contributed by atoms with Crippen molar-refractivity contribution in [3.63, 3.8) is 0 Å². The standard InChI is InChI=1S/C21H25NO2/c23-21(22-15-7-10-17-8-2-1-3-9-17)16-24-20-14-6-12-18-11-4-5-13-19(18)20/h1-3,6,8-9,12,14H,4-5,7,10-11,13,15-16H2,(H,22,23). The lowest BCUT2D eigenvalue weighted by Crippen LogP contribution is -2.30. The summed E-state index contributed by atoms with van der Waals surface area (Å²) in [6.45, 7) is 0.784. The fraction of sp³-hybridized carbons (Fsp3) is 0.381. The minimum absolute atomic E-state index is 0.0449. The molecule has 0 fully saturated rings. The smallest absolute Gasteiger partial charge is 0.257 e. The minimum atomic E-state index is -0.0449. The van der Waals surface area contributed by atoms with E-state index in [1.807, 2.05) is 30.3 Å². The molecular weight excluding hydrogens is 298 g/mol. The molecule has 0 aromatic heterocycles. The van der Waals surface area contributed by atoms with E-state index in [0.717, 1.165) is 31.4 Å². The van der Waals surface area contributed by atoms with Crippen LogP contribution in [0.1, 0.15) is 36.0 Å². The highest BCUT2D eigenvalue weighted by atomic mass is 16.5. The second-order valence-electron chi connectivity index (χ2n) is 6.33. The third-order valence-electron chi connectivity index (χ3n) is 4.52. The Kier molecular flexibility index (Phi) is 5.89. The third-order valence-corrected chi connectivity index (χ3v) is 4.52. The highest BCUT2D eigenvalue weighted by Crippen LogP contribution is 2.29. The number of amides is 1. The van der Waals surface area contributed by atoms with E-state index >= 15 is 0 Å². The van der Waals surface area contributed by atoms with Crippen LogP contribution in [0, 0.1) is 0 Å². The second-order valence-corrected chi connectivity index (χ2v) is 6.33. The molecule has 2 aromatic carbocycles. The van der Waals surface area contributed by atoms with Gasteiger partial charge >= 0.3 is 0 Å². The number of benzene rings is 2. The molecule has 3 nitrogen and oxygen atoms in total. The van der Waals surface area contributed by atoms with Crippen molar-refractivity contribution in [1.29, 1.82) is 0 Å². The van der Waals surface area contributed by atoms with Crippen molar-refractivity contribution in [2.75, 3.05) is 13.2 Å². The summed E-state index contributed by atoms with van der Waals surface area (Å²) in [5, 5.41) is 2.94. The molecule has 0 saturated heterocycles. The van der Waals surface area contributed by atoms with Crippen LogP contribution < -0.4 is 10.1 Å². The maximum atomic E-state index is 12.0. The van der Waals surface area contributed by atoms with Crippen LogP contribution in [0.3, 0.4) is 0 Å². The van der Waals surface area contributed by atoms with Gasteiger partial charge in [0.05, 0.1) is 0 Å². The number of rotatable bonds is 7. The van der Waals surface area contributed by atoms with Gasteiger partial charge in [0.25, 0.3) is 5.91 Å². The van der Waals surface area contributed by atoms with Gasteiger partial charge in [-0.05, 0) is 61.3 Å². The molecule has 2 aromatic rings. The number of aryl methyl sites for hydroxylation is 2. The van der Waals surface area contributed by atoms with E-state index in [9.17, 15) is 4.79 Å². The Hall–Kier alpha value is -2.29. The molecule has 3 heteroatoms. The molecule has 3 rings (SSSR count). The number of fused-ring (bicyclic) bond motifs is 1. The molecular formula is C21H25NO2. The average molecular weight is 323 g/mol. The van der Waals surface area contributed by atoms with Crippen LogP contribution in [0.2, 0.25) is 0 Å². The zero-order valence-corrected chi connectivity index (χ0v) is 14.1. The van der Waals surface area contributed by atoms with Crippen molar-refractivity contribution in [3.8, 4) is 5.75 Å². The van der Waals surface area contributed by atoms with Crippen LogP contribution in [0.15, 0.2) is 48.5 Å². The predicted molar refractivity (Wildman–Crippen MR) is 96.4 cm³/mol. The van der Waals surface area contributed by atoms with Crippen molar-refractivity contribution < 1.29 is 9.53 Å². The summed E-state index contributed by atoms with van der Waals surface area (Å²) in [4.78, 5) is 12.0. The largest absolute Gasteiger partial charge is 0.483 e. The minimum Gasteiger partial charge on any atom is -0.483 e. The summed E-state index contributed by atoms with van der Waals surface area (Å²) in [6.07, 6.45) is 6.56. The first-order valence-corrected chi connectivity index (χ1v) is 8.87. The lowest BCUT2D eigenvalue weighted by atomic mass is 9.91. The molecule has 24 heavy (non-hydrogen) atoms. The van der Waals surface area contributed by atoms with Crippen molar-refractivity contribution in [2.45, 2.75) is 38.5 Å². The number of ether oxygens (including phenoxy) is 1. The fourth-order valence-electron chi connectivity index (χ4n) is 3.24. The van der Waals surface area contributed by atoms with Gasteiger partial charge in [0, 0.05) is 6.54 Å². The van der Waals surface area contributed by atoms with Gasteiger partial charge in [-0.1, -0.05) is 42.5 Å². The lowest BCUT2D eigenvalue weighted by molar-refractivity contribution is -0.123. The van der Waals surface area contributed by atoms with Gasteiger partial charge in [-0.25, -0.2) is 0 Å². The molecule has 1 N–H and O–H groups in total. The Morgan fingerprint density at radius 2 is 1.83 bits per heavy atom. The van der Waals surface area contributed by atoms with E-state index in [0.29, 0.717) is 6.54 Å². The van der Waals surface area contributed by atoms with Crippen molar-refractivity contribution in [2.24, 2.45) is 0 Å². The first-order valence-electron chi connectivity index (χ1n) is 8.87. The lowest BCUT2D eigenvalue weighted by Gasteiger charge is -2.19. The van der Waals surface area contributed by atoms with E-state index in [4.69, 9.17) is 4.74 Å². The predicted octanol–water partition coefficient (Wildman–Crippen LogP) is 3.69. The van der Waals surface area contributed by atoms with Crippen LogP contribution in [0.25, 0.3) is 0 Å². The number of carbonyl (C=O) groups is 1. The summed E-state index contributed by atoms with van der Waals surface area (Å²) in [7, 11) is 0. The Balaban J connectivity index is 1.40. The average Bonchev–Trinajstić information content (AvgIpc) is 2.64. The molecule has 126 valence electrons.